The molecule has 0 radical (unpaired) electrons. The van der Waals surface area contributed by atoms with Gasteiger partial charge in [-0.15, -0.1) is 0 Å². The molecule has 0 aromatic rings. The van der Waals surface area contributed by atoms with Crippen molar-refractivity contribution in [2.75, 3.05) is 45.9 Å². The lowest BCUT2D eigenvalue weighted by molar-refractivity contribution is -0.135. The fourth-order valence-electron chi connectivity index (χ4n) is 3.16. The number of hydrogen-bond acceptors (Lipinski definition) is 4. The van der Waals surface area contributed by atoms with E-state index in [0.717, 1.165) is 58.7 Å². The maximum atomic E-state index is 12.4. The third kappa shape index (κ3) is 2.15. The molecule has 0 spiro atoms. The molecule has 1 aliphatic carbocycles. The van der Waals surface area contributed by atoms with Crippen LogP contribution >= 0.6 is 0 Å². The van der Waals surface area contributed by atoms with Crippen LogP contribution in [0.15, 0.2) is 0 Å². The van der Waals surface area contributed by atoms with E-state index in [9.17, 15) is 4.79 Å². The maximum Gasteiger partial charge on any atom is 0.230 e. The van der Waals surface area contributed by atoms with Gasteiger partial charge < -0.3 is 15.4 Å². The van der Waals surface area contributed by atoms with E-state index in [0.29, 0.717) is 18.5 Å². The average molecular weight is 253 g/mol. The minimum atomic E-state index is -0.181. The van der Waals surface area contributed by atoms with Gasteiger partial charge in [-0.2, -0.15) is 0 Å². The van der Waals surface area contributed by atoms with E-state index in [4.69, 9.17) is 10.5 Å². The van der Waals surface area contributed by atoms with Gasteiger partial charge in [-0.1, -0.05) is 0 Å². The smallest absolute Gasteiger partial charge is 0.230 e. The van der Waals surface area contributed by atoms with Gasteiger partial charge in [0.2, 0.25) is 5.91 Å². The lowest BCUT2D eigenvalue weighted by atomic mass is 10.1. The van der Waals surface area contributed by atoms with Gasteiger partial charge in [0.1, 0.15) is 0 Å². The van der Waals surface area contributed by atoms with Crippen LogP contribution in [0.5, 0.6) is 0 Å². The summed E-state index contributed by atoms with van der Waals surface area (Å²) < 4.78 is 5.38. The molecular weight excluding hydrogens is 230 g/mol. The van der Waals surface area contributed by atoms with Gasteiger partial charge in [0.15, 0.2) is 0 Å². The molecule has 1 saturated carbocycles. The zero-order chi connectivity index (χ0) is 12.6. The van der Waals surface area contributed by atoms with Gasteiger partial charge in [-0.25, -0.2) is 0 Å². The van der Waals surface area contributed by atoms with E-state index < -0.39 is 0 Å². The van der Waals surface area contributed by atoms with Gasteiger partial charge in [0, 0.05) is 38.8 Å². The monoisotopic (exact) mass is 253 g/mol. The Hall–Kier alpha value is -0.650. The molecule has 5 nitrogen and oxygen atoms in total. The summed E-state index contributed by atoms with van der Waals surface area (Å²) in [5, 5.41) is 0. The lowest BCUT2D eigenvalue weighted by Gasteiger charge is -2.32. The van der Waals surface area contributed by atoms with Crippen LogP contribution in [-0.2, 0) is 9.53 Å². The van der Waals surface area contributed by atoms with E-state index in [1.807, 2.05) is 4.90 Å². The second-order valence-electron chi connectivity index (χ2n) is 5.83. The molecule has 2 heterocycles. The van der Waals surface area contributed by atoms with E-state index in [2.05, 4.69) is 4.90 Å². The number of nitrogens with zero attached hydrogens (tertiary/aromatic N) is 2. The number of hydrogen-bond donors (Lipinski definition) is 1. The highest BCUT2D eigenvalue weighted by molar-refractivity contribution is 5.86. The molecule has 0 aromatic heterocycles. The molecule has 1 amide bonds. The fraction of sp³-hybridized carbons (Fsp3) is 0.923. The van der Waals surface area contributed by atoms with Crippen molar-refractivity contribution in [2.45, 2.75) is 25.3 Å². The van der Waals surface area contributed by atoms with Crippen molar-refractivity contribution < 1.29 is 9.53 Å². The Kier molecular flexibility index (Phi) is 3.30. The van der Waals surface area contributed by atoms with E-state index >= 15 is 0 Å². The predicted octanol–water partition coefficient (Wildman–Crippen LogP) is -0.342. The molecule has 102 valence electrons. The summed E-state index contributed by atoms with van der Waals surface area (Å²) in [4.78, 5) is 16.9. The average Bonchev–Trinajstić information content (AvgIpc) is 3.08. The lowest BCUT2D eigenvalue weighted by Crippen LogP contribution is -2.46. The molecule has 3 aliphatic rings. The molecule has 18 heavy (non-hydrogen) atoms. The maximum absolute atomic E-state index is 12.4. The van der Waals surface area contributed by atoms with Gasteiger partial charge in [0.05, 0.1) is 18.6 Å². The molecule has 2 aliphatic heterocycles. The predicted molar refractivity (Wildman–Crippen MR) is 68.1 cm³/mol. The quantitative estimate of drug-likeness (QED) is 0.747. The highest BCUT2D eigenvalue weighted by Gasteiger charge is 2.51. The number of carbonyl (C=O) groups excluding carboxylic acids is 1. The third-order valence-corrected chi connectivity index (χ3v) is 4.71. The van der Waals surface area contributed by atoms with Crippen molar-refractivity contribution in [1.29, 1.82) is 0 Å². The van der Waals surface area contributed by atoms with Crippen LogP contribution in [0.4, 0.5) is 0 Å². The molecule has 2 N–H and O–H groups in total. The van der Waals surface area contributed by atoms with Gasteiger partial charge >= 0.3 is 0 Å². The van der Waals surface area contributed by atoms with Crippen molar-refractivity contribution in [3.05, 3.63) is 0 Å². The van der Waals surface area contributed by atoms with Crippen LogP contribution in [0.25, 0.3) is 0 Å². The summed E-state index contributed by atoms with van der Waals surface area (Å²) in [5.41, 5.74) is 5.56. The third-order valence-electron chi connectivity index (χ3n) is 4.71. The van der Waals surface area contributed by atoms with Crippen LogP contribution in [0.1, 0.15) is 19.3 Å². The molecule has 1 atom stereocenters. The number of amides is 1. The van der Waals surface area contributed by atoms with Crippen LogP contribution in [0.3, 0.4) is 0 Å². The first-order chi connectivity index (χ1) is 8.75. The number of nitrogens with two attached hydrogens (primary N) is 1. The number of carbonyl (C=O) groups is 1. The van der Waals surface area contributed by atoms with Gasteiger partial charge in [0.25, 0.3) is 0 Å². The van der Waals surface area contributed by atoms with Crippen molar-refractivity contribution in [3.8, 4) is 0 Å². The van der Waals surface area contributed by atoms with E-state index in [-0.39, 0.29) is 5.41 Å². The molecule has 1 unspecified atom stereocenters. The minimum absolute atomic E-state index is 0.181. The highest BCUT2D eigenvalue weighted by Crippen LogP contribution is 2.46. The SMILES string of the molecule is NCC1(C(=O)N2CCC(N3CCOCC3)C2)CC1. The molecular formula is C13H23N3O2. The Morgan fingerprint density at radius 1 is 1.28 bits per heavy atom. The molecule has 5 heteroatoms. The van der Waals surface area contributed by atoms with Crippen LogP contribution in [0, 0.1) is 5.41 Å². The summed E-state index contributed by atoms with van der Waals surface area (Å²) in [6, 6.07) is 0.534. The second-order valence-corrected chi connectivity index (χ2v) is 5.83. The largest absolute Gasteiger partial charge is 0.379 e. The molecule has 3 fully saturated rings. The Morgan fingerprint density at radius 3 is 2.61 bits per heavy atom. The number of rotatable bonds is 3. The standard InChI is InChI=1S/C13H23N3O2/c14-10-13(2-3-13)12(17)16-4-1-11(9-16)15-5-7-18-8-6-15/h11H,1-10,14H2. The Morgan fingerprint density at radius 2 is 2.00 bits per heavy atom. The van der Waals surface area contributed by atoms with Crippen molar-refractivity contribution in [3.63, 3.8) is 0 Å². The first-order valence-electron chi connectivity index (χ1n) is 7.06. The molecule has 0 bridgehead atoms. The van der Waals surface area contributed by atoms with Crippen molar-refractivity contribution in [2.24, 2.45) is 11.1 Å². The normalized spacial score (nSPS) is 31.6. The first kappa shape index (κ1) is 12.4. The summed E-state index contributed by atoms with van der Waals surface area (Å²) in [7, 11) is 0. The zero-order valence-corrected chi connectivity index (χ0v) is 10.9. The fourth-order valence-corrected chi connectivity index (χ4v) is 3.16. The summed E-state index contributed by atoms with van der Waals surface area (Å²) >= 11 is 0. The zero-order valence-electron chi connectivity index (χ0n) is 10.9. The Labute approximate surface area is 108 Å². The topological polar surface area (TPSA) is 58.8 Å². The summed E-state index contributed by atoms with van der Waals surface area (Å²) in [5.74, 6) is 0.306. The van der Waals surface area contributed by atoms with Crippen molar-refractivity contribution >= 4 is 5.91 Å². The second kappa shape index (κ2) is 4.79. The van der Waals surface area contributed by atoms with Gasteiger partial charge in [-0.3, -0.25) is 9.69 Å². The van der Waals surface area contributed by atoms with Gasteiger partial charge in [-0.05, 0) is 19.3 Å². The Balaban J connectivity index is 1.56. The molecule has 2 saturated heterocycles. The summed E-state index contributed by atoms with van der Waals surface area (Å²) in [6.07, 6.45) is 3.08. The van der Waals surface area contributed by atoms with E-state index in [1.54, 1.807) is 0 Å². The highest BCUT2D eigenvalue weighted by atomic mass is 16.5. The van der Waals surface area contributed by atoms with Crippen LogP contribution < -0.4 is 5.73 Å². The Bertz CT molecular complexity index is 324. The molecule has 0 aromatic carbocycles. The number of likely N-dealkylation sites (tertiary alicyclic amines) is 1. The van der Waals surface area contributed by atoms with Crippen molar-refractivity contribution in [1.82, 2.24) is 9.80 Å². The summed E-state index contributed by atoms with van der Waals surface area (Å²) in [6.45, 7) is 5.99. The first-order valence-corrected chi connectivity index (χ1v) is 7.06. The minimum Gasteiger partial charge on any atom is -0.379 e. The number of ether oxygens (including phenoxy) is 1. The van der Waals surface area contributed by atoms with E-state index in [1.165, 1.54) is 0 Å². The number of morpholine rings is 1. The van der Waals surface area contributed by atoms with Crippen LogP contribution in [-0.4, -0.2) is 67.7 Å². The molecule has 3 rings (SSSR count). The van der Waals surface area contributed by atoms with Crippen LogP contribution in [0.2, 0.25) is 0 Å².